The standard InChI is InChI=1S/C16H12N4O3S2/c21-14(9-1-2-10-12(7-9)25-8-18-10)17-4-5-20-15(22)13-11(3-6-24-13)19-16(20)23/h1-3,6-8H,4-5H2,(H,17,21)(H,19,23). The molecule has 0 aliphatic rings. The number of hydrogen-bond acceptors (Lipinski definition) is 6. The van der Waals surface area contributed by atoms with Crippen LogP contribution in [0, 0.1) is 0 Å². The van der Waals surface area contributed by atoms with E-state index >= 15 is 0 Å². The molecule has 126 valence electrons. The number of carbonyl (C=O) groups is 1. The number of thiophene rings is 1. The Kier molecular flexibility index (Phi) is 3.94. The molecule has 0 atom stereocenters. The first-order chi connectivity index (χ1) is 12.1. The number of aromatic nitrogens is 3. The second-order valence-electron chi connectivity index (χ2n) is 5.34. The van der Waals surface area contributed by atoms with Crippen molar-refractivity contribution < 1.29 is 4.79 Å². The second kappa shape index (κ2) is 6.26. The summed E-state index contributed by atoms with van der Waals surface area (Å²) in [4.78, 5) is 43.4. The number of carbonyl (C=O) groups excluding carboxylic acids is 1. The van der Waals surface area contributed by atoms with Crippen LogP contribution in [-0.2, 0) is 6.54 Å². The Morgan fingerprint density at radius 3 is 3.00 bits per heavy atom. The highest BCUT2D eigenvalue weighted by molar-refractivity contribution is 7.17. The van der Waals surface area contributed by atoms with E-state index in [0.29, 0.717) is 15.8 Å². The molecule has 0 unspecified atom stereocenters. The SMILES string of the molecule is O=C(NCCn1c(=O)[nH]c2ccsc2c1=O)c1ccc2ncsc2c1. The van der Waals surface area contributed by atoms with Crippen molar-refractivity contribution in [1.82, 2.24) is 19.9 Å². The molecule has 3 aromatic heterocycles. The van der Waals surface area contributed by atoms with Crippen LogP contribution in [0.2, 0.25) is 0 Å². The van der Waals surface area contributed by atoms with Crippen molar-refractivity contribution in [1.29, 1.82) is 0 Å². The minimum absolute atomic E-state index is 0.108. The predicted octanol–water partition coefficient (Wildman–Crippen LogP) is 1.79. The molecular formula is C16H12N4O3S2. The average molecular weight is 372 g/mol. The van der Waals surface area contributed by atoms with Gasteiger partial charge in [0.15, 0.2) is 0 Å². The van der Waals surface area contributed by atoms with E-state index in [9.17, 15) is 14.4 Å². The Hall–Kier alpha value is -2.78. The number of hydrogen-bond donors (Lipinski definition) is 2. The molecule has 9 heteroatoms. The van der Waals surface area contributed by atoms with E-state index in [1.165, 1.54) is 22.7 Å². The highest BCUT2D eigenvalue weighted by Crippen LogP contribution is 2.19. The number of fused-ring (bicyclic) bond motifs is 2. The van der Waals surface area contributed by atoms with Gasteiger partial charge in [-0.1, -0.05) is 0 Å². The number of aromatic amines is 1. The Balaban J connectivity index is 1.49. The third-order valence-corrected chi connectivity index (χ3v) is 5.50. The van der Waals surface area contributed by atoms with Gasteiger partial charge in [-0.05, 0) is 29.6 Å². The first-order valence-corrected chi connectivity index (χ1v) is 9.21. The summed E-state index contributed by atoms with van der Waals surface area (Å²) in [6.45, 7) is 0.288. The van der Waals surface area contributed by atoms with Gasteiger partial charge in [0.1, 0.15) is 4.70 Å². The number of benzene rings is 1. The van der Waals surface area contributed by atoms with Crippen molar-refractivity contribution in [3.8, 4) is 0 Å². The van der Waals surface area contributed by atoms with Crippen LogP contribution in [-0.4, -0.2) is 27.0 Å². The van der Waals surface area contributed by atoms with Crippen LogP contribution in [0.15, 0.2) is 44.7 Å². The maximum Gasteiger partial charge on any atom is 0.328 e. The normalized spacial score (nSPS) is 11.2. The topological polar surface area (TPSA) is 96.9 Å². The van der Waals surface area contributed by atoms with Crippen LogP contribution in [0.25, 0.3) is 20.4 Å². The van der Waals surface area contributed by atoms with E-state index in [1.807, 2.05) is 0 Å². The maximum absolute atomic E-state index is 12.3. The van der Waals surface area contributed by atoms with Gasteiger partial charge < -0.3 is 10.3 Å². The van der Waals surface area contributed by atoms with Crippen molar-refractivity contribution in [2.24, 2.45) is 0 Å². The van der Waals surface area contributed by atoms with Crippen molar-refractivity contribution in [3.05, 3.63) is 61.6 Å². The number of thiazole rings is 1. The van der Waals surface area contributed by atoms with Crippen LogP contribution in [0.5, 0.6) is 0 Å². The smallest absolute Gasteiger partial charge is 0.328 e. The summed E-state index contributed by atoms with van der Waals surface area (Å²) in [6, 6.07) is 6.97. The second-order valence-corrected chi connectivity index (χ2v) is 7.14. The van der Waals surface area contributed by atoms with Crippen molar-refractivity contribution in [2.75, 3.05) is 6.54 Å². The van der Waals surface area contributed by atoms with Crippen LogP contribution < -0.4 is 16.6 Å². The molecule has 0 saturated heterocycles. The number of nitrogens with zero attached hydrogens (tertiary/aromatic N) is 2. The van der Waals surface area contributed by atoms with E-state index in [1.54, 1.807) is 35.2 Å². The first-order valence-electron chi connectivity index (χ1n) is 7.45. The lowest BCUT2D eigenvalue weighted by Crippen LogP contribution is -2.38. The van der Waals surface area contributed by atoms with Gasteiger partial charge in [-0.25, -0.2) is 9.78 Å². The fourth-order valence-corrected chi connectivity index (χ4v) is 4.07. The number of amides is 1. The quantitative estimate of drug-likeness (QED) is 0.571. The van der Waals surface area contributed by atoms with Crippen LogP contribution in [0.1, 0.15) is 10.4 Å². The molecule has 4 rings (SSSR count). The Morgan fingerprint density at radius 1 is 1.24 bits per heavy atom. The van der Waals surface area contributed by atoms with Gasteiger partial charge in [0, 0.05) is 18.7 Å². The fourth-order valence-electron chi connectivity index (χ4n) is 2.55. The number of H-pyrrole nitrogens is 1. The van der Waals surface area contributed by atoms with Gasteiger partial charge in [0.2, 0.25) is 0 Å². The zero-order valence-corrected chi connectivity index (χ0v) is 14.4. The summed E-state index contributed by atoms with van der Waals surface area (Å²) in [5.74, 6) is -0.253. The van der Waals surface area contributed by atoms with E-state index in [-0.39, 0.29) is 24.6 Å². The Labute approximate surface area is 148 Å². The molecule has 4 aromatic rings. The maximum atomic E-state index is 12.3. The highest BCUT2D eigenvalue weighted by Gasteiger charge is 2.10. The average Bonchev–Trinajstić information content (AvgIpc) is 3.25. The molecule has 25 heavy (non-hydrogen) atoms. The zero-order valence-electron chi connectivity index (χ0n) is 12.8. The van der Waals surface area contributed by atoms with Crippen molar-refractivity contribution >= 4 is 49.0 Å². The molecule has 0 aliphatic carbocycles. The Morgan fingerprint density at radius 2 is 2.12 bits per heavy atom. The number of rotatable bonds is 4. The van der Waals surface area contributed by atoms with E-state index in [0.717, 1.165) is 14.8 Å². The molecular weight excluding hydrogens is 360 g/mol. The van der Waals surface area contributed by atoms with Crippen LogP contribution >= 0.6 is 22.7 Å². The van der Waals surface area contributed by atoms with Gasteiger partial charge in [0.05, 0.1) is 21.2 Å². The summed E-state index contributed by atoms with van der Waals surface area (Å²) in [7, 11) is 0. The van der Waals surface area contributed by atoms with Gasteiger partial charge in [-0.2, -0.15) is 0 Å². The minimum Gasteiger partial charge on any atom is -0.350 e. The van der Waals surface area contributed by atoms with E-state index in [4.69, 9.17) is 0 Å². The fraction of sp³-hybridized carbons (Fsp3) is 0.125. The van der Waals surface area contributed by atoms with Gasteiger partial charge in [0.25, 0.3) is 11.5 Å². The first kappa shape index (κ1) is 15.7. The predicted molar refractivity (Wildman–Crippen MR) is 98.7 cm³/mol. The molecule has 0 aliphatic heterocycles. The van der Waals surface area contributed by atoms with E-state index < -0.39 is 5.69 Å². The molecule has 0 bridgehead atoms. The lowest BCUT2D eigenvalue weighted by Gasteiger charge is -2.07. The molecule has 3 heterocycles. The van der Waals surface area contributed by atoms with Crippen molar-refractivity contribution in [3.63, 3.8) is 0 Å². The van der Waals surface area contributed by atoms with Gasteiger partial charge >= 0.3 is 5.69 Å². The molecule has 0 spiro atoms. The third-order valence-electron chi connectivity index (χ3n) is 3.81. The molecule has 2 N–H and O–H groups in total. The van der Waals surface area contributed by atoms with Crippen molar-refractivity contribution in [2.45, 2.75) is 6.54 Å². The Bertz CT molecular complexity index is 1200. The molecule has 1 amide bonds. The molecule has 0 fully saturated rings. The molecule has 1 aromatic carbocycles. The van der Waals surface area contributed by atoms with Gasteiger partial charge in [-0.15, -0.1) is 22.7 Å². The lowest BCUT2D eigenvalue weighted by molar-refractivity contribution is 0.0952. The monoisotopic (exact) mass is 372 g/mol. The summed E-state index contributed by atoms with van der Waals surface area (Å²) < 4.78 is 2.54. The van der Waals surface area contributed by atoms with Gasteiger partial charge in [-0.3, -0.25) is 14.2 Å². The largest absolute Gasteiger partial charge is 0.350 e. The molecule has 0 radical (unpaired) electrons. The highest BCUT2D eigenvalue weighted by atomic mass is 32.1. The summed E-state index contributed by atoms with van der Waals surface area (Å²) in [6.07, 6.45) is 0. The minimum atomic E-state index is -0.476. The zero-order chi connectivity index (χ0) is 17.4. The summed E-state index contributed by atoms with van der Waals surface area (Å²) in [5.41, 5.74) is 2.82. The van der Waals surface area contributed by atoms with Crippen LogP contribution in [0.4, 0.5) is 0 Å². The summed E-state index contributed by atoms with van der Waals surface area (Å²) >= 11 is 2.74. The lowest BCUT2D eigenvalue weighted by atomic mass is 10.2. The molecule has 7 nitrogen and oxygen atoms in total. The molecule has 0 saturated carbocycles. The van der Waals surface area contributed by atoms with E-state index in [2.05, 4.69) is 15.3 Å². The summed E-state index contributed by atoms with van der Waals surface area (Å²) in [5, 5.41) is 4.49. The van der Waals surface area contributed by atoms with Crippen LogP contribution in [0.3, 0.4) is 0 Å². The number of nitrogens with one attached hydrogen (secondary N) is 2. The third kappa shape index (κ3) is 2.87.